The molecule has 1 rings (SSSR count). The van der Waals surface area contributed by atoms with Crippen molar-refractivity contribution < 1.29 is 24.5 Å². The highest BCUT2D eigenvalue weighted by atomic mass is 16.6. The summed E-state index contributed by atoms with van der Waals surface area (Å²) in [4.78, 5) is 24.4. The van der Waals surface area contributed by atoms with E-state index in [1.165, 1.54) is 6.92 Å². The van der Waals surface area contributed by atoms with Crippen molar-refractivity contribution in [2.45, 2.75) is 58.3 Å². The summed E-state index contributed by atoms with van der Waals surface area (Å²) in [5.74, 6) is -3.25. The van der Waals surface area contributed by atoms with Crippen LogP contribution in [0.3, 0.4) is 0 Å². The molecule has 2 N–H and O–H groups in total. The fourth-order valence-electron chi connectivity index (χ4n) is 2.75. The van der Waals surface area contributed by atoms with Gasteiger partial charge in [-0.1, -0.05) is 20.4 Å². The summed E-state index contributed by atoms with van der Waals surface area (Å²) >= 11 is 0. The zero-order chi connectivity index (χ0) is 16.1. The van der Waals surface area contributed by atoms with Crippen molar-refractivity contribution in [1.82, 2.24) is 0 Å². The first-order valence-electron chi connectivity index (χ1n) is 6.68. The molecule has 0 unspecified atom stereocenters. The topological polar surface area (TPSA) is 83.8 Å². The number of ketones is 1. The number of carbonyl (C=O) groups is 2. The molecule has 0 saturated heterocycles. The molecule has 0 aromatic carbocycles. The minimum absolute atomic E-state index is 0.111. The van der Waals surface area contributed by atoms with Crippen LogP contribution in [0.5, 0.6) is 0 Å². The molecular weight excluding hydrogens is 260 g/mol. The lowest BCUT2D eigenvalue weighted by Gasteiger charge is -2.40. The number of Topliss-reactive ketones (excluding diaryl/α,β-unsaturated/α-hetero) is 1. The number of hydrogen-bond donors (Lipinski definition) is 2. The lowest BCUT2D eigenvalue weighted by molar-refractivity contribution is -0.192. The van der Waals surface area contributed by atoms with Crippen molar-refractivity contribution >= 4 is 11.8 Å². The predicted molar refractivity (Wildman–Crippen MR) is 73.9 cm³/mol. The van der Waals surface area contributed by atoms with Crippen molar-refractivity contribution in [1.29, 1.82) is 0 Å². The molecule has 1 aliphatic rings. The summed E-state index contributed by atoms with van der Waals surface area (Å²) in [7, 11) is 0. The second-order valence-corrected chi connectivity index (χ2v) is 6.87. The highest BCUT2D eigenvalue weighted by molar-refractivity contribution is 6.10. The standard InChI is InChI=1S/C15H24O5/c1-8(2)15(19)10(12(17)20-13(4,5)6)9(3)11(16)14(15,7)18/h8,10,18-19H,3H2,1-2,4-7H3/t10-,14+,15-/m1/s1. The molecule has 0 radical (unpaired) electrons. The van der Waals surface area contributed by atoms with Gasteiger partial charge >= 0.3 is 5.97 Å². The first-order chi connectivity index (χ1) is 8.76. The predicted octanol–water partition coefficient (Wildman–Crippen LogP) is 1.22. The van der Waals surface area contributed by atoms with Crippen LogP contribution in [0, 0.1) is 11.8 Å². The SMILES string of the molecule is C=C1C(=O)[C@](C)(O)[C@@](O)(C(C)C)[C@H]1C(=O)OC(C)(C)C. The fourth-order valence-corrected chi connectivity index (χ4v) is 2.75. The van der Waals surface area contributed by atoms with E-state index in [-0.39, 0.29) is 5.57 Å². The fraction of sp³-hybridized carbons (Fsp3) is 0.733. The molecule has 1 fully saturated rings. The molecule has 5 nitrogen and oxygen atoms in total. The number of carbonyl (C=O) groups excluding carboxylic acids is 2. The van der Waals surface area contributed by atoms with E-state index in [2.05, 4.69) is 6.58 Å². The van der Waals surface area contributed by atoms with Crippen LogP contribution in [0.1, 0.15) is 41.5 Å². The van der Waals surface area contributed by atoms with Gasteiger partial charge in [0, 0.05) is 5.57 Å². The minimum atomic E-state index is -2.06. The number of aliphatic hydroxyl groups is 2. The molecule has 0 spiro atoms. The van der Waals surface area contributed by atoms with Crippen molar-refractivity contribution in [2.75, 3.05) is 0 Å². The maximum absolute atomic E-state index is 12.3. The van der Waals surface area contributed by atoms with Gasteiger partial charge < -0.3 is 14.9 Å². The highest BCUT2D eigenvalue weighted by Gasteiger charge is 2.68. The third kappa shape index (κ3) is 2.29. The van der Waals surface area contributed by atoms with Gasteiger partial charge in [0.25, 0.3) is 0 Å². The van der Waals surface area contributed by atoms with Crippen LogP contribution in [0.2, 0.25) is 0 Å². The first-order valence-corrected chi connectivity index (χ1v) is 6.68. The Morgan fingerprint density at radius 3 is 2.15 bits per heavy atom. The molecule has 0 aromatic heterocycles. The molecule has 1 aliphatic carbocycles. The zero-order valence-corrected chi connectivity index (χ0v) is 13.0. The van der Waals surface area contributed by atoms with E-state index in [1.807, 2.05) is 0 Å². The summed E-state index contributed by atoms with van der Waals surface area (Å²) in [6.07, 6.45) is 0. The van der Waals surface area contributed by atoms with Gasteiger partial charge in [-0.2, -0.15) is 0 Å². The Balaban J connectivity index is 3.33. The van der Waals surface area contributed by atoms with E-state index in [9.17, 15) is 19.8 Å². The van der Waals surface area contributed by atoms with E-state index in [1.54, 1.807) is 34.6 Å². The quantitative estimate of drug-likeness (QED) is 0.588. The zero-order valence-electron chi connectivity index (χ0n) is 13.0. The number of ether oxygens (including phenoxy) is 1. The van der Waals surface area contributed by atoms with Crippen molar-refractivity contribution in [3.05, 3.63) is 12.2 Å². The number of rotatable bonds is 2. The maximum atomic E-state index is 12.3. The van der Waals surface area contributed by atoms with Crippen LogP contribution in [-0.4, -0.2) is 38.8 Å². The Labute approximate surface area is 119 Å². The molecule has 0 heterocycles. The molecule has 3 atom stereocenters. The van der Waals surface area contributed by atoms with Crippen LogP contribution < -0.4 is 0 Å². The normalized spacial score (nSPS) is 34.8. The van der Waals surface area contributed by atoms with Gasteiger partial charge in [0.15, 0.2) is 11.4 Å². The van der Waals surface area contributed by atoms with Crippen molar-refractivity contribution in [3.8, 4) is 0 Å². The molecule has 0 amide bonds. The second-order valence-electron chi connectivity index (χ2n) is 6.87. The molecule has 0 aliphatic heterocycles. The molecule has 0 aromatic rings. The van der Waals surface area contributed by atoms with Gasteiger partial charge in [-0.15, -0.1) is 0 Å². The summed E-state index contributed by atoms with van der Waals surface area (Å²) in [5, 5.41) is 21.2. The Hall–Kier alpha value is -1.20. The van der Waals surface area contributed by atoms with Gasteiger partial charge in [0.2, 0.25) is 0 Å². The Morgan fingerprint density at radius 2 is 1.80 bits per heavy atom. The van der Waals surface area contributed by atoms with Crippen molar-refractivity contribution in [2.24, 2.45) is 11.8 Å². The maximum Gasteiger partial charge on any atom is 0.317 e. The second kappa shape index (κ2) is 4.67. The smallest absolute Gasteiger partial charge is 0.317 e. The van der Waals surface area contributed by atoms with E-state index >= 15 is 0 Å². The molecule has 114 valence electrons. The Morgan fingerprint density at radius 1 is 1.35 bits per heavy atom. The number of hydrogen-bond acceptors (Lipinski definition) is 5. The Kier molecular flexibility index (Phi) is 3.93. The highest BCUT2D eigenvalue weighted by Crippen LogP contribution is 2.48. The van der Waals surface area contributed by atoms with E-state index in [0.717, 1.165) is 0 Å². The van der Waals surface area contributed by atoms with E-state index < -0.39 is 40.4 Å². The van der Waals surface area contributed by atoms with Gasteiger partial charge in [-0.3, -0.25) is 9.59 Å². The summed E-state index contributed by atoms with van der Waals surface area (Å²) < 4.78 is 5.26. The van der Waals surface area contributed by atoms with Crippen LogP contribution in [-0.2, 0) is 14.3 Å². The van der Waals surface area contributed by atoms with Gasteiger partial charge in [0.1, 0.15) is 17.1 Å². The van der Waals surface area contributed by atoms with Gasteiger partial charge in [-0.05, 0) is 33.6 Å². The number of esters is 1. The van der Waals surface area contributed by atoms with Crippen LogP contribution >= 0.6 is 0 Å². The monoisotopic (exact) mass is 284 g/mol. The third-order valence-electron chi connectivity index (χ3n) is 3.82. The van der Waals surface area contributed by atoms with E-state index in [4.69, 9.17) is 4.74 Å². The average molecular weight is 284 g/mol. The van der Waals surface area contributed by atoms with Gasteiger partial charge in [-0.25, -0.2) is 0 Å². The summed E-state index contributed by atoms with van der Waals surface area (Å²) in [5.41, 5.74) is -4.85. The lowest BCUT2D eigenvalue weighted by atomic mass is 9.73. The third-order valence-corrected chi connectivity index (χ3v) is 3.82. The summed E-state index contributed by atoms with van der Waals surface area (Å²) in [6, 6.07) is 0. The van der Waals surface area contributed by atoms with Crippen molar-refractivity contribution in [3.63, 3.8) is 0 Å². The molecular formula is C15H24O5. The van der Waals surface area contributed by atoms with Crippen LogP contribution in [0.15, 0.2) is 12.2 Å². The molecule has 5 heteroatoms. The van der Waals surface area contributed by atoms with Gasteiger partial charge in [0.05, 0.1) is 0 Å². The van der Waals surface area contributed by atoms with Crippen LogP contribution in [0.4, 0.5) is 0 Å². The molecule has 0 bridgehead atoms. The molecule has 20 heavy (non-hydrogen) atoms. The summed E-state index contributed by atoms with van der Waals surface area (Å²) in [6.45, 7) is 13.1. The lowest BCUT2D eigenvalue weighted by Crippen LogP contribution is -2.59. The average Bonchev–Trinajstić information content (AvgIpc) is 2.36. The minimum Gasteiger partial charge on any atom is -0.459 e. The Bertz CT molecular complexity index is 455. The largest absolute Gasteiger partial charge is 0.459 e. The molecule has 1 saturated carbocycles. The van der Waals surface area contributed by atoms with Crippen LogP contribution in [0.25, 0.3) is 0 Å². The first kappa shape index (κ1) is 16.9. The van der Waals surface area contributed by atoms with E-state index in [0.29, 0.717) is 0 Å².